The van der Waals surface area contributed by atoms with E-state index in [0.29, 0.717) is 17.9 Å². The number of nitrogens with zero attached hydrogens (tertiary/aromatic N) is 1. The standard InChI is InChI=1S/C12H17N3O4S/c1-8(3-4-20(2)19)14-12(18)15-10-5-9(11(16)17)6-13-7-10/h5-8H,3-4H2,1-2H3,(H,16,17)(H2,14,15,18). The number of aromatic nitrogens is 1. The van der Waals surface area contributed by atoms with Crippen molar-refractivity contribution >= 4 is 28.5 Å². The van der Waals surface area contributed by atoms with Gasteiger partial charge in [-0.3, -0.25) is 9.19 Å². The van der Waals surface area contributed by atoms with Crippen LogP contribution in [0.2, 0.25) is 0 Å². The Morgan fingerprint density at radius 2 is 2.15 bits per heavy atom. The second-order valence-corrected chi connectivity index (χ2v) is 5.89. The number of hydrogen-bond acceptors (Lipinski definition) is 4. The van der Waals surface area contributed by atoms with Gasteiger partial charge >= 0.3 is 12.0 Å². The molecule has 1 heterocycles. The minimum Gasteiger partial charge on any atom is -0.478 e. The molecule has 1 rings (SSSR count). The van der Waals surface area contributed by atoms with Crippen LogP contribution in [0.1, 0.15) is 23.7 Å². The van der Waals surface area contributed by atoms with Crippen molar-refractivity contribution in [2.75, 3.05) is 17.3 Å². The molecule has 3 N–H and O–H groups in total. The lowest BCUT2D eigenvalue weighted by Gasteiger charge is -2.14. The fourth-order valence-corrected chi connectivity index (χ4v) is 2.12. The van der Waals surface area contributed by atoms with Crippen molar-refractivity contribution in [2.24, 2.45) is 0 Å². The molecule has 1 aromatic heterocycles. The molecule has 0 fully saturated rings. The average molecular weight is 299 g/mol. The summed E-state index contributed by atoms with van der Waals surface area (Å²) in [6.07, 6.45) is 4.77. The van der Waals surface area contributed by atoms with Crippen molar-refractivity contribution in [2.45, 2.75) is 19.4 Å². The molecular weight excluding hydrogens is 282 g/mol. The van der Waals surface area contributed by atoms with Crippen LogP contribution >= 0.6 is 0 Å². The molecule has 0 saturated heterocycles. The monoisotopic (exact) mass is 299 g/mol. The summed E-state index contributed by atoms with van der Waals surface area (Å²) in [5.41, 5.74) is 0.297. The number of hydrogen-bond donors (Lipinski definition) is 3. The van der Waals surface area contributed by atoms with E-state index in [2.05, 4.69) is 15.6 Å². The maximum absolute atomic E-state index is 11.7. The largest absolute Gasteiger partial charge is 0.478 e. The molecule has 2 unspecified atom stereocenters. The molecule has 20 heavy (non-hydrogen) atoms. The predicted octanol–water partition coefficient (Wildman–Crippen LogP) is 1.06. The summed E-state index contributed by atoms with van der Waals surface area (Å²) in [6.45, 7) is 1.80. The van der Waals surface area contributed by atoms with E-state index in [-0.39, 0.29) is 11.6 Å². The third-order valence-electron chi connectivity index (χ3n) is 2.46. The molecule has 1 aromatic rings. The minimum absolute atomic E-state index is 0.00257. The molecule has 0 aliphatic rings. The van der Waals surface area contributed by atoms with Crippen LogP contribution in [-0.4, -0.2) is 44.4 Å². The van der Waals surface area contributed by atoms with Gasteiger partial charge in [-0.15, -0.1) is 0 Å². The van der Waals surface area contributed by atoms with Gasteiger partial charge in [-0.1, -0.05) is 0 Å². The van der Waals surface area contributed by atoms with Crippen LogP contribution < -0.4 is 10.6 Å². The van der Waals surface area contributed by atoms with E-state index in [4.69, 9.17) is 5.11 Å². The first-order valence-electron chi connectivity index (χ1n) is 5.94. The van der Waals surface area contributed by atoms with Crippen LogP contribution in [0, 0.1) is 0 Å². The topological polar surface area (TPSA) is 108 Å². The maximum atomic E-state index is 11.7. The van der Waals surface area contributed by atoms with Gasteiger partial charge in [0.05, 0.1) is 17.4 Å². The molecule has 110 valence electrons. The molecule has 2 amide bonds. The fraction of sp³-hybridized carbons (Fsp3) is 0.417. The summed E-state index contributed by atoms with van der Waals surface area (Å²) in [6, 6.07) is 0.735. The number of amides is 2. The van der Waals surface area contributed by atoms with Gasteiger partial charge in [0.2, 0.25) is 0 Å². The Kier molecular flexibility index (Phi) is 6.10. The number of nitrogens with one attached hydrogen (secondary N) is 2. The van der Waals surface area contributed by atoms with E-state index in [0.717, 1.165) is 0 Å². The molecule has 2 atom stereocenters. The quantitative estimate of drug-likeness (QED) is 0.727. The molecule has 0 aromatic carbocycles. The van der Waals surface area contributed by atoms with E-state index >= 15 is 0 Å². The van der Waals surface area contributed by atoms with Gasteiger partial charge in [0.25, 0.3) is 0 Å². The van der Waals surface area contributed by atoms with Gasteiger partial charge in [0.1, 0.15) is 0 Å². The summed E-state index contributed by atoms with van der Waals surface area (Å²) in [4.78, 5) is 26.2. The van der Waals surface area contributed by atoms with Gasteiger partial charge in [-0.05, 0) is 19.4 Å². The van der Waals surface area contributed by atoms with Gasteiger partial charge in [-0.25, -0.2) is 9.59 Å². The van der Waals surface area contributed by atoms with Crippen molar-refractivity contribution in [1.82, 2.24) is 10.3 Å². The van der Waals surface area contributed by atoms with Gasteiger partial charge < -0.3 is 15.7 Å². The van der Waals surface area contributed by atoms with Crippen molar-refractivity contribution < 1.29 is 18.9 Å². The lowest BCUT2D eigenvalue weighted by atomic mass is 10.2. The molecule has 0 aliphatic heterocycles. The summed E-state index contributed by atoms with van der Waals surface area (Å²) in [5, 5.41) is 14.0. The van der Waals surface area contributed by atoms with Gasteiger partial charge in [0.15, 0.2) is 0 Å². The third kappa shape index (κ3) is 5.79. The van der Waals surface area contributed by atoms with Crippen molar-refractivity contribution in [3.05, 3.63) is 24.0 Å². The highest BCUT2D eigenvalue weighted by Gasteiger charge is 2.10. The van der Waals surface area contributed by atoms with Crippen LogP contribution in [0.5, 0.6) is 0 Å². The number of carboxylic acids is 1. The van der Waals surface area contributed by atoms with Crippen LogP contribution in [0.3, 0.4) is 0 Å². The highest BCUT2D eigenvalue weighted by molar-refractivity contribution is 7.84. The predicted molar refractivity (Wildman–Crippen MR) is 76.4 cm³/mol. The normalized spacial score (nSPS) is 13.3. The number of anilines is 1. The SMILES string of the molecule is CC(CCS(C)=O)NC(=O)Nc1cncc(C(=O)O)c1. The van der Waals surface area contributed by atoms with E-state index in [1.54, 1.807) is 13.2 Å². The molecule has 0 radical (unpaired) electrons. The van der Waals surface area contributed by atoms with Gasteiger partial charge in [-0.2, -0.15) is 0 Å². The summed E-state index contributed by atoms with van der Waals surface area (Å²) in [5.74, 6) is -0.599. The summed E-state index contributed by atoms with van der Waals surface area (Å²) >= 11 is 0. The first kappa shape index (κ1) is 16.1. The summed E-state index contributed by atoms with van der Waals surface area (Å²) < 4.78 is 10.9. The van der Waals surface area contributed by atoms with Gasteiger partial charge in [0, 0.05) is 35.0 Å². The zero-order valence-electron chi connectivity index (χ0n) is 11.3. The van der Waals surface area contributed by atoms with E-state index in [1.807, 2.05) is 0 Å². The number of pyridine rings is 1. The Hall–Kier alpha value is -1.96. The number of urea groups is 1. The lowest BCUT2D eigenvalue weighted by Crippen LogP contribution is -2.36. The minimum atomic E-state index is -1.11. The number of carboxylic acid groups (broad SMARTS) is 1. The lowest BCUT2D eigenvalue weighted by molar-refractivity contribution is 0.0696. The Morgan fingerprint density at radius 1 is 1.45 bits per heavy atom. The molecule has 8 heteroatoms. The number of carbonyl (C=O) groups excluding carboxylic acids is 1. The van der Waals surface area contributed by atoms with Crippen LogP contribution in [-0.2, 0) is 10.8 Å². The first-order valence-corrected chi connectivity index (χ1v) is 7.67. The molecule has 0 bridgehead atoms. The molecule has 0 saturated carbocycles. The van der Waals surface area contributed by atoms with Crippen LogP contribution in [0.25, 0.3) is 0 Å². The first-order chi connectivity index (χ1) is 9.38. The highest BCUT2D eigenvalue weighted by atomic mass is 32.2. The van der Waals surface area contributed by atoms with Crippen molar-refractivity contribution in [1.29, 1.82) is 0 Å². The molecule has 7 nitrogen and oxygen atoms in total. The second-order valence-electron chi connectivity index (χ2n) is 4.33. The highest BCUT2D eigenvalue weighted by Crippen LogP contribution is 2.08. The zero-order chi connectivity index (χ0) is 15.1. The van der Waals surface area contributed by atoms with E-state index < -0.39 is 22.8 Å². The molecule has 0 spiro atoms. The van der Waals surface area contributed by atoms with E-state index in [1.165, 1.54) is 18.5 Å². The molecule has 0 aliphatic carbocycles. The molecular formula is C12H17N3O4S. The number of aromatic carboxylic acids is 1. The Labute approximate surface area is 119 Å². The average Bonchev–Trinajstić information content (AvgIpc) is 2.36. The van der Waals surface area contributed by atoms with E-state index in [9.17, 15) is 13.8 Å². The van der Waals surface area contributed by atoms with Crippen LogP contribution in [0.15, 0.2) is 18.5 Å². The Bertz CT molecular complexity index is 521. The number of carbonyl (C=O) groups is 2. The van der Waals surface area contributed by atoms with Crippen molar-refractivity contribution in [3.8, 4) is 0 Å². The zero-order valence-corrected chi connectivity index (χ0v) is 12.1. The second kappa shape index (κ2) is 7.59. The third-order valence-corrected chi connectivity index (χ3v) is 3.27. The van der Waals surface area contributed by atoms with Crippen molar-refractivity contribution in [3.63, 3.8) is 0 Å². The Morgan fingerprint density at radius 3 is 2.75 bits per heavy atom. The number of rotatable bonds is 6. The summed E-state index contributed by atoms with van der Waals surface area (Å²) in [7, 11) is -0.894. The Balaban J connectivity index is 2.51. The fourth-order valence-electron chi connectivity index (χ4n) is 1.43. The maximum Gasteiger partial charge on any atom is 0.337 e. The smallest absolute Gasteiger partial charge is 0.337 e. The van der Waals surface area contributed by atoms with Crippen LogP contribution in [0.4, 0.5) is 10.5 Å².